The summed E-state index contributed by atoms with van der Waals surface area (Å²) in [6.45, 7) is 3.88. The predicted molar refractivity (Wildman–Crippen MR) is 62.5 cm³/mol. The molecule has 1 amide bonds. The van der Waals surface area contributed by atoms with Gasteiger partial charge in [0.2, 0.25) is 5.91 Å². The number of nitrogens with zero attached hydrogens (tertiary/aromatic N) is 1. The van der Waals surface area contributed by atoms with Gasteiger partial charge in [-0.2, -0.15) is 17.0 Å². The molecular weight excluding hydrogens is 208 g/mol. The molecule has 0 spiro atoms. The lowest BCUT2D eigenvalue weighted by molar-refractivity contribution is -0.125. The van der Waals surface area contributed by atoms with Crippen LogP contribution in [0.4, 0.5) is 0 Å². The van der Waals surface area contributed by atoms with E-state index in [2.05, 4.69) is 11.4 Å². The predicted octanol–water partition coefficient (Wildman–Crippen LogP) is 1.94. The van der Waals surface area contributed by atoms with Crippen LogP contribution < -0.4 is 5.32 Å². The summed E-state index contributed by atoms with van der Waals surface area (Å²) in [5.74, 6) is 2.14. The number of rotatable bonds is 4. The largest absolute Gasteiger partial charge is 0.338 e. The molecule has 4 heteroatoms. The molecule has 15 heavy (non-hydrogen) atoms. The number of nitriles is 1. The van der Waals surface area contributed by atoms with E-state index >= 15 is 0 Å². The molecule has 0 aliphatic carbocycles. The second kappa shape index (κ2) is 5.41. The minimum atomic E-state index is -0.648. The molecule has 1 atom stereocenters. The quantitative estimate of drug-likeness (QED) is 0.797. The van der Waals surface area contributed by atoms with Gasteiger partial charge in [-0.05, 0) is 25.0 Å². The first kappa shape index (κ1) is 12.4. The van der Waals surface area contributed by atoms with Gasteiger partial charge in [-0.25, -0.2) is 0 Å². The Labute approximate surface area is 95.6 Å². The standard InChI is InChI=1S/C11H18N2OS/c1-3-11(4-2,8-12)13-10(14)9-5-6-15-7-9/h9H,3-7H2,1-2H3,(H,13,14). The molecule has 1 aliphatic heterocycles. The molecule has 0 bridgehead atoms. The monoisotopic (exact) mass is 226 g/mol. The Hall–Kier alpha value is -0.690. The Morgan fingerprint density at radius 3 is 2.67 bits per heavy atom. The summed E-state index contributed by atoms with van der Waals surface area (Å²) in [7, 11) is 0. The normalized spacial score (nSPS) is 21.0. The molecule has 1 heterocycles. The van der Waals surface area contributed by atoms with Crippen LogP contribution in [-0.2, 0) is 4.79 Å². The van der Waals surface area contributed by atoms with E-state index in [1.54, 1.807) is 0 Å². The number of carbonyl (C=O) groups excluding carboxylic acids is 1. The van der Waals surface area contributed by atoms with E-state index in [1.165, 1.54) is 0 Å². The Morgan fingerprint density at radius 1 is 1.60 bits per heavy atom. The summed E-state index contributed by atoms with van der Waals surface area (Å²) in [6.07, 6.45) is 2.29. The van der Waals surface area contributed by atoms with Gasteiger partial charge < -0.3 is 5.32 Å². The Bertz CT molecular complexity index is 262. The van der Waals surface area contributed by atoms with Gasteiger partial charge in [-0.1, -0.05) is 13.8 Å². The van der Waals surface area contributed by atoms with Crippen molar-refractivity contribution in [3.8, 4) is 6.07 Å². The van der Waals surface area contributed by atoms with E-state index in [9.17, 15) is 4.79 Å². The van der Waals surface area contributed by atoms with Gasteiger partial charge in [0.25, 0.3) is 0 Å². The van der Waals surface area contributed by atoms with Crippen LogP contribution in [0.1, 0.15) is 33.1 Å². The first-order chi connectivity index (χ1) is 7.17. The van der Waals surface area contributed by atoms with Crippen LogP contribution in [0.5, 0.6) is 0 Å². The number of amides is 1. The van der Waals surface area contributed by atoms with E-state index in [0.29, 0.717) is 12.8 Å². The maximum atomic E-state index is 11.9. The fourth-order valence-electron chi connectivity index (χ4n) is 1.69. The van der Waals surface area contributed by atoms with E-state index in [-0.39, 0.29) is 11.8 Å². The Morgan fingerprint density at radius 2 is 2.27 bits per heavy atom. The van der Waals surface area contributed by atoms with E-state index in [1.807, 2.05) is 25.6 Å². The summed E-state index contributed by atoms with van der Waals surface area (Å²) in [6, 6.07) is 2.23. The lowest BCUT2D eigenvalue weighted by Gasteiger charge is -2.26. The summed E-state index contributed by atoms with van der Waals surface area (Å²) in [4.78, 5) is 11.9. The van der Waals surface area contributed by atoms with Crippen LogP contribution in [-0.4, -0.2) is 23.0 Å². The van der Waals surface area contributed by atoms with Crippen LogP contribution in [0.25, 0.3) is 0 Å². The van der Waals surface area contributed by atoms with Gasteiger partial charge in [-0.15, -0.1) is 0 Å². The zero-order valence-corrected chi connectivity index (χ0v) is 10.2. The van der Waals surface area contributed by atoms with E-state index < -0.39 is 5.54 Å². The SMILES string of the molecule is CCC(C#N)(CC)NC(=O)C1CCSC1. The van der Waals surface area contributed by atoms with Gasteiger partial charge in [0, 0.05) is 11.7 Å². The third-order valence-electron chi connectivity index (χ3n) is 3.08. The summed E-state index contributed by atoms with van der Waals surface area (Å²) >= 11 is 1.82. The van der Waals surface area contributed by atoms with Gasteiger partial charge in [-0.3, -0.25) is 4.79 Å². The topological polar surface area (TPSA) is 52.9 Å². The average Bonchev–Trinajstić information content (AvgIpc) is 2.79. The second-order valence-corrected chi connectivity index (χ2v) is 5.10. The summed E-state index contributed by atoms with van der Waals surface area (Å²) < 4.78 is 0. The first-order valence-electron chi connectivity index (χ1n) is 5.48. The molecule has 1 saturated heterocycles. The van der Waals surface area contributed by atoms with Gasteiger partial charge in [0.1, 0.15) is 5.54 Å². The van der Waals surface area contributed by atoms with Crippen molar-refractivity contribution in [2.45, 2.75) is 38.6 Å². The highest BCUT2D eigenvalue weighted by Crippen LogP contribution is 2.25. The zero-order valence-electron chi connectivity index (χ0n) is 9.38. The van der Waals surface area contributed by atoms with Crippen LogP contribution >= 0.6 is 11.8 Å². The van der Waals surface area contributed by atoms with Crippen molar-refractivity contribution < 1.29 is 4.79 Å². The van der Waals surface area contributed by atoms with Crippen molar-refractivity contribution in [2.24, 2.45) is 5.92 Å². The van der Waals surface area contributed by atoms with Crippen LogP contribution in [0.3, 0.4) is 0 Å². The molecule has 1 rings (SSSR count). The lowest BCUT2D eigenvalue weighted by atomic mass is 9.93. The molecule has 0 saturated carbocycles. The lowest BCUT2D eigenvalue weighted by Crippen LogP contribution is -2.48. The molecule has 1 aliphatic rings. The van der Waals surface area contributed by atoms with E-state index in [4.69, 9.17) is 5.26 Å². The molecule has 0 aromatic heterocycles. The summed E-state index contributed by atoms with van der Waals surface area (Å²) in [5, 5.41) is 12.0. The maximum Gasteiger partial charge on any atom is 0.225 e. The number of nitrogens with one attached hydrogen (secondary N) is 1. The second-order valence-electron chi connectivity index (χ2n) is 3.95. The highest BCUT2D eigenvalue weighted by Gasteiger charge is 2.32. The minimum Gasteiger partial charge on any atom is -0.338 e. The van der Waals surface area contributed by atoms with Crippen LogP contribution in [0.15, 0.2) is 0 Å². The molecule has 1 fully saturated rings. The van der Waals surface area contributed by atoms with Crippen molar-refractivity contribution >= 4 is 17.7 Å². The Kier molecular flexibility index (Phi) is 4.46. The van der Waals surface area contributed by atoms with E-state index in [0.717, 1.165) is 17.9 Å². The van der Waals surface area contributed by atoms with Gasteiger partial charge >= 0.3 is 0 Å². The summed E-state index contributed by atoms with van der Waals surface area (Å²) in [5.41, 5.74) is -0.648. The van der Waals surface area contributed by atoms with Gasteiger partial charge in [0.15, 0.2) is 0 Å². The smallest absolute Gasteiger partial charge is 0.225 e. The third kappa shape index (κ3) is 2.88. The molecule has 3 nitrogen and oxygen atoms in total. The third-order valence-corrected chi connectivity index (χ3v) is 4.25. The van der Waals surface area contributed by atoms with Gasteiger partial charge in [0.05, 0.1) is 6.07 Å². The van der Waals surface area contributed by atoms with Crippen molar-refractivity contribution in [1.82, 2.24) is 5.32 Å². The molecule has 0 radical (unpaired) electrons. The number of carbonyl (C=O) groups is 1. The maximum absolute atomic E-state index is 11.9. The van der Waals surface area contributed by atoms with Crippen molar-refractivity contribution in [2.75, 3.05) is 11.5 Å². The highest BCUT2D eigenvalue weighted by molar-refractivity contribution is 7.99. The molecule has 0 aromatic rings. The Balaban J connectivity index is 2.58. The fraction of sp³-hybridized carbons (Fsp3) is 0.818. The molecule has 1 N–H and O–H groups in total. The van der Waals surface area contributed by atoms with Crippen molar-refractivity contribution in [3.05, 3.63) is 0 Å². The zero-order chi connectivity index (χ0) is 11.3. The molecule has 84 valence electrons. The van der Waals surface area contributed by atoms with Crippen LogP contribution in [0.2, 0.25) is 0 Å². The van der Waals surface area contributed by atoms with Crippen molar-refractivity contribution in [3.63, 3.8) is 0 Å². The number of hydrogen-bond donors (Lipinski definition) is 1. The van der Waals surface area contributed by atoms with Crippen molar-refractivity contribution in [1.29, 1.82) is 5.26 Å². The highest BCUT2D eigenvalue weighted by atomic mass is 32.2. The number of hydrogen-bond acceptors (Lipinski definition) is 3. The molecule has 1 unspecified atom stereocenters. The number of thioether (sulfide) groups is 1. The van der Waals surface area contributed by atoms with Crippen LogP contribution in [0, 0.1) is 17.2 Å². The molecular formula is C11H18N2OS. The average molecular weight is 226 g/mol. The fourth-order valence-corrected chi connectivity index (χ4v) is 2.91. The minimum absolute atomic E-state index is 0.0604. The first-order valence-corrected chi connectivity index (χ1v) is 6.64. The molecule has 0 aromatic carbocycles.